The highest BCUT2D eigenvalue weighted by molar-refractivity contribution is 5.84. The Hall–Kier alpha value is -11.4. The van der Waals surface area contributed by atoms with Gasteiger partial charge in [-0.1, -0.05) is 115 Å². The Morgan fingerprint density at radius 2 is 0.635 bits per heavy atom. The van der Waals surface area contributed by atoms with Crippen molar-refractivity contribution in [3.05, 3.63) is 364 Å². The number of pyridine rings is 7. The van der Waals surface area contributed by atoms with Gasteiger partial charge < -0.3 is 0 Å². The van der Waals surface area contributed by atoms with Crippen LogP contribution in [0.15, 0.2) is 152 Å². The summed E-state index contributed by atoms with van der Waals surface area (Å²) < 4.78 is 0. The summed E-state index contributed by atoms with van der Waals surface area (Å²) in [6.07, 6.45) is 17.3. The second-order valence-electron chi connectivity index (χ2n) is 34.0. The minimum Gasteiger partial charge on any atom is -0.264 e. The lowest BCUT2D eigenvalue weighted by Crippen LogP contribution is -1.97. The second kappa shape index (κ2) is 31.4. The number of aryl methyl sites for hydroxylation is 15. The molecule has 7 aromatic carbocycles. The van der Waals surface area contributed by atoms with Gasteiger partial charge >= 0.3 is 0 Å². The van der Waals surface area contributed by atoms with E-state index in [-0.39, 0.29) is 0 Å². The van der Waals surface area contributed by atoms with Gasteiger partial charge in [-0.05, 0) is 379 Å². The van der Waals surface area contributed by atoms with Gasteiger partial charge in [0.1, 0.15) is 0 Å². The van der Waals surface area contributed by atoms with Crippen LogP contribution in [0, 0.1) is 166 Å². The van der Waals surface area contributed by atoms with Crippen molar-refractivity contribution in [2.45, 2.75) is 211 Å². The fraction of sp³-hybridized carbons (Fsp3) is 0.287. The van der Waals surface area contributed by atoms with Gasteiger partial charge in [-0.15, -0.1) is 0 Å². The van der Waals surface area contributed by atoms with Crippen LogP contribution in [0.1, 0.15) is 212 Å². The lowest BCUT2D eigenvalue weighted by Gasteiger charge is -2.11. The van der Waals surface area contributed by atoms with Gasteiger partial charge in [-0.25, -0.2) is 0 Å². The Morgan fingerprint density at radius 3 is 1.23 bits per heavy atom. The van der Waals surface area contributed by atoms with Crippen molar-refractivity contribution in [2.24, 2.45) is 0 Å². The summed E-state index contributed by atoms with van der Waals surface area (Å²) in [6, 6.07) is 43.8. The van der Waals surface area contributed by atoms with E-state index in [1.54, 1.807) is 0 Å². The van der Waals surface area contributed by atoms with E-state index in [2.05, 4.69) is 307 Å². The molecule has 0 radical (unpaired) electrons. The molecule has 0 fully saturated rings. The van der Waals surface area contributed by atoms with Crippen LogP contribution in [-0.2, 0) is 44.9 Å². The number of nitrogens with zero attached hydrogens (tertiary/aromatic N) is 7. The Balaban J connectivity index is 0.000000106. The van der Waals surface area contributed by atoms with Gasteiger partial charge in [0, 0.05) is 126 Å². The normalized spacial score (nSPS) is 12.5. The highest BCUT2D eigenvalue weighted by Crippen LogP contribution is 2.47. The Labute approximate surface area is 684 Å². The van der Waals surface area contributed by atoms with Gasteiger partial charge in [0.25, 0.3) is 0 Å². The molecule has 7 heteroatoms. The zero-order valence-corrected chi connectivity index (χ0v) is 72.5. The van der Waals surface area contributed by atoms with Crippen molar-refractivity contribution in [2.75, 3.05) is 0 Å². The molecule has 0 saturated heterocycles. The van der Waals surface area contributed by atoms with Crippen LogP contribution in [0.4, 0.5) is 0 Å². The van der Waals surface area contributed by atoms with Crippen LogP contribution in [-0.4, -0.2) is 34.9 Å². The van der Waals surface area contributed by atoms with E-state index in [1.807, 2.05) is 31.0 Å². The summed E-state index contributed by atoms with van der Waals surface area (Å²) in [4.78, 5) is 32.4. The van der Waals surface area contributed by atoms with Gasteiger partial charge in [0.15, 0.2) is 0 Å². The first-order chi connectivity index (χ1) is 55.0. The number of aromatic nitrogens is 7. The van der Waals surface area contributed by atoms with Crippen molar-refractivity contribution in [1.82, 2.24) is 34.9 Å². The molecule has 115 heavy (non-hydrogen) atoms. The number of benzene rings is 7. The molecule has 578 valence electrons. The minimum atomic E-state index is 1.05. The predicted octanol–water partition coefficient (Wildman–Crippen LogP) is 26.0. The minimum absolute atomic E-state index is 1.05. The van der Waals surface area contributed by atoms with E-state index in [0.717, 1.165) is 62.0 Å². The summed E-state index contributed by atoms with van der Waals surface area (Å²) in [5, 5.41) is 0. The van der Waals surface area contributed by atoms with Gasteiger partial charge in [-0.3, -0.25) is 34.9 Å². The van der Waals surface area contributed by atoms with Gasteiger partial charge in [-0.2, -0.15) is 0 Å². The predicted molar refractivity (Wildman–Crippen MR) is 481 cm³/mol. The second-order valence-corrected chi connectivity index (χ2v) is 34.0. The number of rotatable bonds is 0. The van der Waals surface area contributed by atoms with E-state index in [9.17, 15) is 0 Å². The molecule has 0 aliphatic heterocycles. The molecule has 0 unspecified atom stereocenters. The van der Waals surface area contributed by atoms with E-state index >= 15 is 0 Å². The number of hydrogen-bond acceptors (Lipinski definition) is 7. The third-order valence-electron chi connectivity index (χ3n) is 27.1. The molecule has 0 spiro atoms. The SMILES string of the molecule is Cc1cc(C)c2c(c1C)Cc1c(C)cncc1-2.Cc1cc(C)c2c(n1)-c1ccc(C)c(C)c1C2.Cc1cc2c(nc1C)-c1ccc(C)c(C)c1C2.Cc1ccc2c(c1C)Cc1c-2ncc(C)c1C.Cc1cnc2c(c1C)Cc1cccc(C)c1-2.Cc1cnc2c(c1C)Cc1ccccc1-2.Cc1nc2c(c(C)c1C)Cc1ccccc1-2. The average Bonchev–Trinajstić information content (AvgIpc) is 1.62. The molecule has 7 nitrogen and oxygen atoms in total. The van der Waals surface area contributed by atoms with E-state index in [4.69, 9.17) is 15.0 Å². The standard InChI is InChI=1S/4C16H17N.2C15H15N.C14H13N/c1-9-5-10(2)16-14(12(9)4)6-13-11(3)7-17-8-15(13)16;1-9-5-6-13-14(11(9)3)7-15-12(4)10(2)8-17-16(13)15;1-9-5-6-14-15(11(9)3)8-13-7-10(2)12(4)17-16(13)14;1-9-5-6-13-15(12(9)4)8-14-10(2)7-11(3)17-16(13)14;1-9-5-4-6-12-7-13-11(3)10(2)8-16-15(13)14(9)12;1-9-10(2)14-8-12-6-4-5-7-13(12)15(14)16-11(9)3;1-9-8-15-14-12-6-4-3-5-11(12)7-13(14)10(9)2/h5,7-8H,6H2,1-4H3;5-6,8H,7H2,1-4H3;2*5-7H,8H2,1-4H3;4-6,8H,7H2,1-3H3;4-7H,8H2,1-3H3;3-6,8H,7H2,1-2H3. The molecule has 0 amide bonds. The topological polar surface area (TPSA) is 90.2 Å². The molecule has 7 heterocycles. The quantitative estimate of drug-likeness (QED) is 0.149. The fourth-order valence-corrected chi connectivity index (χ4v) is 18.6. The first-order valence-corrected chi connectivity index (χ1v) is 41.3. The maximum atomic E-state index is 4.77. The lowest BCUT2D eigenvalue weighted by molar-refractivity contribution is 1.09. The van der Waals surface area contributed by atoms with Crippen molar-refractivity contribution in [1.29, 1.82) is 0 Å². The van der Waals surface area contributed by atoms with E-state index in [0.29, 0.717) is 0 Å². The number of fused-ring (bicyclic) bond motifs is 21. The maximum Gasteiger partial charge on any atom is 0.0746 e. The molecule has 7 aromatic heterocycles. The molecular weight excluding hydrogens is 1400 g/mol. The van der Waals surface area contributed by atoms with Crippen LogP contribution >= 0.6 is 0 Å². The van der Waals surface area contributed by atoms with Crippen LogP contribution in [0.25, 0.3) is 78.7 Å². The number of hydrogen-bond donors (Lipinski definition) is 0. The molecule has 7 aliphatic rings. The fourth-order valence-electron chi connectivity index (χ4n) is 18.6. The summed E-state index contributed by atoms with van der Waals surface area (Å²) in [5.41, 5.74) is 70.4. The van der Waals surface area contributed by atoms with E-state index < -0.39 is 0 Å². The first kappa shape index (κ1) is 78.8. The smallest absolute Gasteiger partial charge is 0.0746 e. The summed E-state index contributed by atoms with van der Waals surface area (Å²) in [6.45, 7) is 52.2. The van der Waals surface area contributed by atoms with Gasteiger partial charge in [0.2, 0.25) is 0 Å². The van der Waals surface area contributed by atoms with Gasteiger partial charge in [0.05, 0.1) is 34.2 Å². The summed E-state index contributed by atoms with van der Waals surface area (Å²) >= 11 is 0. The first-order valence-electron chi connectivity index (χ1n) is 41.3. The zero-order valence-electron chi connectivity index (χ0n) is 72.5. The maximum absolute atomic E-state index is 4.77. The third kappa shape index (κ3) is 14.4. The van der Waals surface area contributed by atoms with Crippen LogP contribution in [0.5, 0.6) is 0 Å². The molecule has 0 saturated carbocycles. The van der Waals surface area contributed by atoms with Crippen LogP contribution < -0.4 is 0 Å². The Morgan fingerprint density at radius 1 is 0.200 bits per heavy atom. The average molecular weight is 1510 g/mol. The van der Waals surface area contributed by atoms with Crippen molar-refractivity contribution >= 4 is 0 Å². The van der Waals surface area contributed by atoms with Crippen LogP contribution in [0.3, 0.4) is 0 Å². The molecule has 0 N–H and O–H groups in total. The highest BCUT2D eigenvalue weighted by atomic mass is 14.8. The molecule has 7 aliphatic carbocycles. The molecule has 21 rings (SSSR count). The summed E-state index contributed by atoms with van der Waals surface area (Å²) in [7, 11) is 0. The third-order valence-corrected chi connectivity index (χ3v) is 27.1. The highest BCUT2D eigenvalue weighted by Gasteiger charge is 2.31. The van der Waals surface area contributed by atoms with Crippen LogP contribution in [0.2, 0.25) is 0 Å². The Kier molecular flexibility index (Phi) is 21.5. The Bertz CT molecular complexity index is 6290. The molecule has 0 atom stereocenters. The molecule has 0 bridgehead atoms. The largest absolute Gasteiger partial charge is 0.264 e. The van der Waals surface area contributed by atoms with Crippen molar-refractivity contribution < 1.29 is 0 Å². The monoisotopic (exact) mass is 1510 g/mol. The molecular formula is C108H111N7. The van der Waals surface area contributed by atoms with Crippen molar-refractivity contribution in [3.63, 3.8) is 0 Å². The summed E-state index contributed by atoms with van der Waals surface area (Å²) in [5.74, 6) is 0. The molecule has 14 aromatic rings. The zero-order chi connectivity index (χ0) is 81.6. The van der Waals surface area contributed by atoms with Crippen molar-refractivity contribution in [3.8, 4) is 78.7 Å². The lowest BCUT2D eigenvalue weighted by atomic mass is 9.94. The van der Waals surface area contributed by atoms with E-state index in [1.165, 1.54) is 273 Å².